The third-order valence-electron chi connectivity index (χ3n) is 2.85. The Morgan fingerprint density at radius 1 is 1.27 bits per heavy atom. The zero-order valence-corrected chi connectivity index (χ0v) is 12.3. The number of carbonyl (C=O) groups excluding carboxylic acids is 1. The minimum Gasteiger partial charge on any atom is -0.484 e. The number of nitrogens with zero attached hydrogens (tertiary/aromatic N) is 2. The van der Waals surface area contributed by atoms with Crippen LogP contribution >= 0.6 is 11.6 Å². The zero-order valence-electron chi connectivity index (χ0n) is 11.5. The number of para-hydroxylation sites is 1. The van der Waals surface area contributed by atoms with Crippen molar-refractivity contribution >= 4 is 23.2 Å². The van der Waals surface area contributed by atoms with Gasteiger partial charge >= 0.3 is 0 Å². The van der Waals surface area contributed by atoms with Crippen molar-refractivity contribution in [3.63, 3.8) is 0 Å². The van der Waals surface area contributed by atoms with E-state index in [9.17, 15) is 9.18 Å². The summed E-state index contributed by atoms with van der Waals surface area (Å²) in [6, 6.07) is 14.6. The van der Waals surface area contributed by atoms with Crippen LogP contribution in [0.2, 0.25) is 5.02 Å². The van der Waals surface area contributed by atoms with Gasteiger partial charge in [0, 0.05) is 11.8 Å². The van der Waals surface area contributed by atoms with Gasteiger partial charge in [0.2, 0.25) is 0 Å². The molecule has 0 aliphatic carbocycles. The van der Waals surface area contributed by atoms with Crippen LogP contribution in [0, 0.1) is 17.1 Å². The molecule has 112 valence electrons. The van der Waals surface area contributed by atoms with Gasteiger partial charge in [0.25, 0.3) is 5.91 Å². The Bertz CT molecular complexity index is 701. The summed E-state index contributed by atoms with van der Waals surface area (Å²) in [6.45, 7) is -0.366. The van der Waals surface area contributed by atoms with Crippen LogP contribution in [0.3, 0.4) is 0 Å². The van der Waals surface area contributed by atoms with Crippen LogP contribution in [0.5, 0.6) is 5.75 Å². The second-order valence-corrected chi connectivity index (χ2v) is 4.75. The first-order chi connectivity index (χ1) is 10.6. The molecule has 0 saturated heterocycles. The molecule has 0 aliphatic rings. The monoisotopic (exact) mass is 318 g/mol. The van der Waals surface area contributed by atoms with Gasteiger partial charge in [-0.1, -0.05) is 29.8 Å². The molecule has 0 radical (unpaired) electrons. The van der Waals surface area contributed by atoms with E-state index in [2.05, 4.69) is 0 Å². The van der Waals surface area contributed by atoms with Crippen LogP contribution in [0.1, 0.15) is 0 Å². The lowest BCUT2D eigenvalue weighted by molar-refractivity contribution is -0.120. The molecule has 0 N–H and O–H groups in total. The fourth-order valence-electron chi connectivity index (χ4n) is 1.79. The third kappa shape index (κ3) is 3.96. The molecule has 0 spiro atoms. The van der Waals surface area contributed by atoms with Crippen molar-refractivity contribution in [3.8, 4) is 11.8 Å². The van der Waals surface area contributed by atoms with E-state index in [1.807, 2.05) is 12.1 Å². The van der Waals surface area contributed by atoms with E-state index in [-0.39, 0.29) is 29.8 Å². The number of ether oxygens (including phenoxy) is 1. The van der Waals surface area contributed by atoms with Gasteiger partial charge in [-0.2, -0.15) is 5.26 Å². The molecule has 4 nitrogen and oxygen atoms in total. The molecule has 0 aromatic heterocycles. The van der Waals surface area contributed by atoms with Gasteiger partial charge in [-0.05, 0) is 24.3 Å². The molecule has 0 heterocycles. The molecule has 0 atom stereocenters. The summed E-state index contributed by atoms with van der Waals surface area (Å²) in [6.07, 6.45) is 0. The van der Waals surface area contributed by atoms with Crippen molar-refractivity contribution in [2.45, 2.75) is 0 Å². The number of carbonyl (C=O) groups is 1. The molecule has 0 fully saturated rings. The number of benzene rings is 2. The molecule has 0 unspecified atom stereocenters. The number of amides is 1. The minimum atomic E-state index is -0.560. The summed E-state index contributed by atoms with van der Waals surface area (Å²) >= 11 is 5.64. The average molecular weight is 319 g/mol. The van der Waals surface area contributed by atoms with E-state index in [4.69, 9.17) is 21.6 Å². The lowest BCUT2D eigenvalue weighted by atomic mass is 10.3. The van der Waals surface area contributed by atoms with Crippen LogP contribution in [-0.2, 0) is 4.79 Å². The predicted octanol–water partition coefficient (Wildman–Crippen LogP) is 3.41. The number of hydrogen-bond donors (Lipinski definition) is 0. The van der Waals surface area contributed by atoms with E-state index >= 15 is 0 Å². The molecule has 2 rings (SSSR count). The average Bonchev–Trinajstić information content (AvgIpc) is 2.54. The second-order valence-electron chi connectivity index (χ2n) is 4.34. The maximum Gasteiger partial charge on any atom is 0.265 e. The van der Waals surface area contributed by atoms with Crippen LogP contribution in [0.25, 0.3) is 0 Å². The molecule has 22 heavy (non-hydrogen) atoms. The van der Waals surface area contributed by atoms with E-state index in [0.717, 1.165) is 6.07 Å². The van der Waals surface area contributed by atoms with E-state index in [1.54, 1.807) is 24.3 Å². The van der Waals surface area contributed by atoms with Gasteiger partial charge in [-0.3, -0.25) is 9.69 Å². The maximum absolute atomic E-state index is 13.0. The zero-order chi connectivity index (χ0) is 15.9. The number of anilines is 1. The predicted molar refractivity (Wildman–Crippen MR) is 81.3 cm³/mol. The number of halogens is 2. The van der Waals surface area contributed by atoms with Gasteiger partial charge in [0.05, 0.1) is 11.1 Å². The van der Waals surface area contributed by atoms with Crippen molar-refractivity contribution < 1.29 is 13.9 Å². The molecular formula is C16H12ClFN2O2. The molecule has 2 aromatic carbocycles. The molecule has 2 aromatic rings. The quantitative estimate of drug-likeness (QED) is 0.794. The fourth-order valence-corrected chi connectivity index (χ4v) is 1.96. The first-order valence-corrected chi connectivity index (χ1v) is 6.80. The van der Waals surface area contributed by atoms with Crippen molar-refractivity contribution in [2.75, 3.05) is 18.1 Å². The smallest absolute Gasteiger partial charge is 0.265 e. The highest BCUT2D eigenvalue weighted by molar-refractivity contribution is 6.30. The third-order valence-corrected chi connectivity index (χ3v) is 3.14. The molecule has 1 amide bonds. The van der Waals surface area contributed by atoms with Gasteiger partial charge < -0.3 is 4.74 Å². The Labute approximate surface area is 132 Å². The maximum atomic E-state index is 13.0. The van der Waals surface area contributed by atoms with Crippen LogP contribution in [0.15, 0.2) is 48.5 Å². The van der Waals surface area contributed by atoms with Gasteiger partial charge in [0.1, 0.15) is 18.1 Å². The second kappa shape index (κ2) is 7.43. The summed E-state index contributed by atoms with van der Waals surface area (Å²) < 4.78 is 18.3. The fraction of sp³-hybridized carbons (Fsp3) is 0.125. The Morgan fingerprint density at radius 3 is 2.64 bits per heavy atom. The van der Waals surface area contributed by atoms with Crippen molar-refractivity contribution in [2.24, 2.45) is 0 Å². The lowest BCUT2D eigenvalue weighted by Crippen LogP contribution is -2.35. The molecule has 0 aliphatic heterocycles. The highest BCUT2D eigenvalue weighted by atomic mass is 35.5. The largest absolute Gasteiger partial charge is 0.484 e. The first-order valence-electron chi connectivity index (χ1n) is 6.42. The van der Waals surface area contributed by atoms with Gasteiger partial charge in [-0.25, -0.2) is 4.39 Å². The minimum absolute atomic E-state index is 0.0816. The molecule has 0 saturated carbocycles. The first kappa shape index (κ1) is 15.8. The standard InChI is InChI=1S/C16H12ClFN2O2/c17-14-10-13(6-7-15(14)18)22-11-16(21)20(9-8-19)12-4-2-1-3-5-12/h1-7,10H,9,11H2. The highest BCUT2D eigenvalue weighted by Crippen LogP contribution is 2.21. The molecular weight excluding hydrogens is 307 g/mol. The Hall–Kier alpha value is -2.58. The Morgan fingerprint density at radius 2 is 2.00 bits per heavy atom. The van der Waals surface area contributed by atoms with Crippen LogP contribution < -0.4 is 9.64 Å². The summed E-state index contributed by atoms with van der Waals surface area (Å²) in [4.78, 5) is 13.5. The summed E-state index contributed by atoms with van der Waals surface area (Å²) in [5.74, 6) is -0.659. The van der Waals surface area contributed by atoms with Crippen molar-refractivity contribution in [1.29, 1.82) is 5.26 Å². The normalized spacial score (nSPS) is 9.86. The molecule has 6 heteroatoms. The summed E-state index contributed by atoms with van der Waals surface area (Å²) in [5.41, 5.74) is 0.606. The Kier molecular flexibility index (Phi) is 5.34. The summed E-state index contributed by atoms with van der Waals surface area (Å²) in [7, 11) is 0. The van der Waals surface area contributed by atoms with Gasteiger partial charge in [-0.15, -0.1) is 0 Å². The topological polar surface area (TPSA) is 53.3 Å². The van der Waals surface area contributed by atoms with E-state index in [1.165, 1.54) is 17.0 Å². The van der Waals surface area contributed by atoms with Crippen molar-refractivity contribution in [3.05, 3.63) is 59.4 Å². The van der Waals surface area contributed by atoms with Crippen LogP contribution in [-0.4, -0.2) is 19.1 Å². The van der Waals surface area contributed by atoms with Gasteiger partial charge in [0.15, 0.2) is 6.61 Å². The molecule has 0 bridgehead atoms. The number of rotatable bonds is 5. The number of nitriles is 1. The lowest BCUT2D eigenvalue weighted by Gasteiger charge is -2.19. The van der Waals surface area contributed by atoms with Crippen molar-refractivity contribution in [1.82, 2.24) is 0 Å². The highest BCUT2D eigenvalue weighted by Gasteiger charge is 2.16. The van der Waals surface area contributed by atoms with E-state index < -0.39 is 5.82 Å². The van der Waals surface area contributed by atoms with E-state index in [0.29, 0.717) is 5.69 Å². The summed E-state index contributed by atoms with van der Waals surface area (Å²) in [5, 5.41) is 8.77. The SMILES string of the molecule is N#CCN(C(=O)COc1ccc(F)c(Cl)c1)c1ccccc1. The Balaban J connectivity index is 2.05. The number of hydrogen-bond acceptors (Lipinski definition) is 3. The van der Waals surface area contributed by atoms with Crippen LogP contribution in [0.4, 0.5) is 10.1 Å².